The molecular weight excluding hydrogens is 355 g/mol. The fourth-order valence-electron chi connectivity index (χ4n) is 1.66. The Balaban J connectivity index is 1.80. The predicted molar refractivity (Wildman–Crippen MR) is 88.6 cm³/mol. The summed E-state index contributed by atoms with van der Waals surface area (Å²) in [5.41, 5.74) is 4.66. The van der Waals surface area contributed by atoms with Gasteiger partial charge in [0.15, 0.2) is 0 Å². The first-order chi connectivity index (χ1) is 11.5. The summed E-state index contributed by atoms with van der Waals surface area (Å²) < 4.78 is 0. The number of pyridine rings is 1. The van der Waals surface area contributed by atoms with Crippen molar-refractivity contribution >= 4 is 40.9 Å². The van der Waals surface area contributed by atoms with E-state index in [9.17, 15) is 14.4 Å². The molecule has 3 N–H and O–H groups in total. The van der Waals surface area contributed by atoms with E-state index in [-0.39, 0.29) is 22.8 Å². The van der Waals surface area contributed by atoms with E-state index in [4.69, 9.17) is 23.2 Å². The normalized spacial score (nSPS) is 9.92. The van der Waals surface area contributed by atoms with E-state index in [0.29, 0.717) is 5.02 Å². The van der Waals surface area contributed by atoms with Crippen LogP contribution >= 0.6 is 23.2 Å². The van der Waals surface area contributed by atoms with Gasteiger partial charge < -0.3 is 5.32 Å². The van der Waals surface area contributed by atoms with E-state index < -0.39 is 17.7 Å². The first-order valence-electron chi connectivity index (χ1n) is 6.71. The number of rotatable bonds is 4. The van der Waals surface area contributed by atoms with E-state index in [1.165, 1.54) is 24.4 Å². The third-order valence-corrected chi connectivity index (χ3v) is 3.36. The number of carbonyl (C=O) groups excluding carboxylic acids is 3. The summed E-state index contributed by atoms with van der Waals surface area (Å²) in [6.45, 7) is -0.351. The maximum absolute atomic E-state index is 11.8. The molecular formula is C15H12Cl2N4O3. The number of nitrogens with zero attached hydrogens (tertiary/aromatic N) is 1. The smallest absolute Gasteiger partial charge is 0.271 e. The molecule has 0 aliphatic carbocycles. The van der Waals surface area contributed by atoms with Crippen LogP contribution in [0.4, 0.5) is 0 Å². The lowest BCUT2D eigenvalue weighted by molar-refractivity contribution is -0.120. The maximum Gasteiger partial charge on any atom is 0.271 e. The summed E-state index contributed by atoms with van der Waals surface area (Å²) in [6, 6.07) is 9.27. The number of nitrogens with one attached hydrogen (secondary N) is 3. The molecule has 0 saturated carbocycles. The van der Waals surface area contributed by atoms with Crippen molar-refractivity contribution in [2.75, 3.05) is 6.54 Å². The Morgan fingerprint density at radius 2 is 1.75 bits per heavy atom. The number of hydrogen-bond acceptors (Lipinski definition) is 4. The highest BCUT2D eigenvalue weighted by Crippen LogP contribution is 2.14. The number of amides is 3. The van der Waals surface area contributed by atoms with Gasteiger partial charge in [-0.1, -0.05) is 35.3 Å². The minimum Gasteiger partial charge on any atom is -0.342 e. The SMILES string of the molecule is O=C(CNC(=O)c1cc(Cl)ccn1)NNC(=O)c1ccccc1Cl. The van der Waals surface area contributed by atoms with Gasteiger partial charge >= 0.3 is 0 Å². The molecule has 1 heterocycles. The van der Waals surface area contributed by atoms with Crippen molar-refractivity contribution in [2.45, 2.75) is 0 Å². The van der Waals surface area contributed by atoms with Crippen LogP contribution in [-0.2, 0) is 4.79 Å². The highest BCUT2D eigenvalue weighted by Gasteiger charge is 2.12. The predicted octanol–water partition coefficient (Wildman–Crippen LogP) is 1.58. The van der Waals surface area contributed by atoms with Crippen LogP contribution in [0.3, 0.4) is 0 Å². The molecule has 3 amide bonds. The van der Waals surface area contributed by atoms with Gasteiger partial charge in [0.25, 0.3) is 17.7 Å². The summed E-state index contributed by atoms with van der Waals surface area (Å²) in [4.78, 5) is 39.1. The van der Waals surface area contributed by atoms with Crippen molar-refractivity contribution in [3.05, 3.63) is 63.9 Å². The van der Waals surface area contributed by atoms with Crippen LogP contribution in [0.5, 0.6) is 0 Å². The summed E-state index contributed by atoms with van der Waals surface area (Å²) >= 11 is 11.6. The molecule has 7 nitrogen and oxygen atoms in total. The first kappa shape index (κ1) is 17.7. The standard InChI is InChI=1S/C15H12Cl2N4O3/c16-9-5-6-18-12(7-9)15(24)19-8-13(22)20-21-14(23)10-3-1-2-4-11(10)17/h1-7H,8H2,(H,19,24)(H,20,22)(H,21,23). The van der Waals surface area contributed by atoms with Gasteiger partial charge in [-0.2, -0.15) is 0 Å². The number of halogens is 2. The van der Waals surface area contributed by atoms with E-state index in [2.05, 4.69) is 21.2 Å². The molecule has 0 spiro atoms. The van der Waals surface area contributed by atoms with Gasteiger partial charge in [0.1, 0.15) is 5.69 Å². The highest BCUT2D eigenvalue weighted by molar-refractivity contribution is 6.33. The summed E-state index contributed by atoms with van der Waals surface area (Å²) in [5, 5.41) is 2.96. The van der Waals surface area contributed by atoms with Crippen LogP contribution < -0.4 is 16.2 Å². The number of carbonyl (C=O) groups is 3. The number of benzene rings is 1. The number of aromatic nitrogens is 1. The van der Waals surface area contributed by atoms with E-state index >= 15 is 0 Å². The fraction of sp³-hybridized carbons (Fsp3) is 0.0667. The van der Waals surface area contributed by atoms with Crippen LogP contribution in [0.25, 0.3) is 0 Å². The second kappa shape index (κ2) is 8.28. The van der Waals surface area contributed by atoms with E-state index in [0.717, 1.165) is 0 Å². The minimum atomic E-state index is -0.620. The second-order valence-corrected chi connectivity index (χ2v) is 5.37. The molecule has 1 aromatic carbocycles. The van der Waals surface area contributed by atoms with Gasteiger partial charge in [0.05, 0.1) is 17.1 Å². The molecule has 0 unspecified atom stereocenters. The van der Waals surface area contributed by atoms with Gasteiger partial charge in [0.2, 0.25) is 0 Å². The largest absolute Gasteiger partial charge is 0.342 e. The Kier molecular flexibility index (Phi) is 6.11. The van der Waals surface area contributed by atoms with E-state index in [1.807, 2.05) is 0 Å². The molecule has 0 bridgehead atoms. The van der Waals surface area contributed by atoms with Gasteiger partial charge in [-0.25, -0.2) is 0 Å². The molecule has 2 rings (SSSR count). The molecule has 0 atom stereocenters. The molecule has 0 fully saturated rings. The second-order valence-electron chi connectivity index (χ2n) is 4.52. The average molecular weight is 367 g/mol. The Hall–Kier alpha value is -2.64. The summed E-state index contributed by atoms with van der Waals surface area (Å²) in [5.74, 6) is -1.76. The number of hydrogen-bond donors (Lipinski definition) is 3. The van der Waals surface area contributed by atoms with Gasteiger partial charge in [-0.05, 0) is 24.3 Å². The van der Waals surface area contributed by atoms with Gasteiger partial charge in [-0.15, -0.1) is 0 Å². The van der Waals surface area contributed by atoms with Crippen molar-refractivity contribution < 1.29 is 14.4 Å². The van der Waals surface area contributed by atoms with Crippen LogP contribution in [0.1, 0.15) is 20.8 Å². The minimum absolute atomic E-state index is 0.0791. The molecule has 0 radical (unpaired) electrons. The van der Waals surface area contributed by atoms with Crippen molar-refractivity contribution in [3.8, 4) is 0 Å². The topological polar surface area (TPSA) is 100 Å². The van der Waals surface area contributed by atoms with Gasteiger partial charge in [-0.3, -0.25) is 30.2 Å². The van der Waals surface area contributed by atoms with Crippen molar-refractivity contribution in [1.82, 2.24) is 21.2 Å². The monoisotopic (exact) mass is 366 g/mol. The fourth-order valence-corrected chi connectivity index (χ4v) is 2.04. The summed E-state index contributed by atoms with van der Waals surface area (Å²) in [6.07, 6.45) is 1.38. The highest BCUT2D eigenvalue weighted by atomic mass is 35.5. The van der Waals surface area contributed by atoms with Crippen molar-refractivity contribution in [3.63, 3.8) is 0 Å². The molecule has 0 aliphatic heterocycles. The van der Waals surface area contributed by atoms with Crippen LogP contribution in [0, 0.1) is 0 Å². The molecule has 24 heavy (non-hydrogen) atoms. The van der Waals surface area contributed by atoms with Crippen molar-refractivity contribution in [2.24, 2.45) is 0 Å². The third-order valence-electron chi connectivity index (χ3n) is 2.80. The lowest BCUT2D eigenvalue weighted by Gasteiger charge is -2.09. The molecule has 0 aliphatic rings. The Labute approximate surface area is 147 Å². The molecule has 0 saturated heterocycles. The van der Waals surface area contributed by atoms with E-state index in [1.54, 1.807) is 18.2 Å². The average Bonchev–Trinajstić information content (AvgIpc) is 2.58. The Morgan fingerprint density at radius 3 is 2.46 bits per heavy atom. The van der Waals surface area contributed by atoms with Gasteiger partial charge in [0, 0.05) is 11.2 Å². The zero-order chi connectivity index (χ0) is 17.5. The molecule has 9 heteroatoms. The van der Waals surface area contributed by atoms with Crippen LogP contribution in [-0.4, -0.2) is 29.3 Å². The zero-order valence-corrected chi connectivity index (χ0v) is 13.7. The van der Waals surface area contributed by atoms with Crippen molar-refractivity contribution in [1.29, 1.82) is 0 Å². The quantitative estimate of drug-likeness (QED) is 0.715. The lowest BCUT2D eigenvalue weighted by atomic mass is 10.2. The Bertz CT molecular complexity index is 783. The number of hydrazine groups is 1. The van der Waals surface area contributed by atoms with Crippen LogP contribution in [0.15, 0.2) is 42.6 Å². The third kappa shape index (κ3) is 4.94. The molecule has 2 aromatic rings. The Morgan fingerprint density at radius 1 is 1.00 bits per heavy atom. The molecule has 1 aromatic heterocycles. The molecule has 124 valence electrons. The summed E-state index contributed by atoms with van der Waals surface area (Å²) in [7, 11) is 0. The van der Waals surface area contributed by atoms with Crippen LogP contribution in [0.2, 0.25) is 10.0 Å². The lowest BCUT2D eigenvalue weighted by Crippen LogP contribution is -2.46. The maximum atomic E-state index is 11.8. The first-order valence-corrected chi connectivity index (χ1v) is 7.46. The zero-order valence-electron chi connectivity index (χ0n) is 12.2.